The molecule has 8 heteroatoms. The number of hydrogen-bond donors (Lipinski definition) is 2. The van der Waals surface area contributed by atoms with Crippen molar-refractivity contribution in [1.29, 1.82) is 0 Å². The minimum absolute atomic E-state index is 0.102. The number of carbonyl (C=O) groups excluding carboxylic acids is 1. The van der Waals surface area contributed by atoms with Crippen LogP contribution in [0.2, 0.25) is 0 Å². The highest BCUT2D eigenvalue weighted by molar-refractivity contribution is 6.05. The second-order valence-corrected chi connectivity index (χ2v) is 9.15. The third-order valence-corrected chi connectivity index (χ3v) is 6.74. The van der Waals surface area contributed by atoms with Crippen LogP contribution in [-0.2, 0) is 7.05 Å². The molecule has 0 saturated heterocycles. The van der Waals surface area contributed by atoms with E-state index in [0.717, 1.165) is 39.8 Å². The Kier molecular flexibility index (Phi) is 6.31. The number of nitrogens with one attached hydrogen (secondary N) is 1. The molecule has 8 nitrogen and oxygen atoms in total. The first kappa shape index (κ1) is 24.0. The Labute approximate surface area is 214 Å². The molecule has 3 N–H and O–H groups in total. The molecule has 1 atom stereocenters. The third kappa shape index (κ3) is 4.49. The van der Waals surface area contributed by atoms with Crippen LogP contribution in [0.5, 0.6) is 0 Å². The molecule has 186 valence electrons. The predicted molar refractivity (Wildman–Crippen MR) is 147 cm³/mol. The lowest BCUT2D eigenvalue weighted by Gasteiger charge is -2.15. The van der Waals surface area contributed by atoms with Gasteiger partial charge in [-0.2, -0.15) is 0 Å². The van der Waals surface area contributed by atoms with Gasteiger partial charge in [0.25, 0.3) is 11.5 Å². The first-order valence-corrected chi connectivity index (χ1v) is 12.2. The predicted octanol–water partition coefficient (Wildman–Crippen LogP) is 5.13. The largest absolute Gasteiger partial charge is 0.383 e. The minimum Gasteiger partial charge on any atom is -0.383 e. The highest BCUT2D eigenvalue weighted by atomic mass is 16.2. The molecule has 3 aromatic heterocycles. The summed E-state index contributed by atoms with van der Waals surface area (Å²) in [6, 6.07) is 18.5. The van der Waals surface area contributed by atoms with Gasteiger partial charge in [0.15, 0.2) is 0 Å². The van der Waals surface area contributed by atoms with E-state index in [4.69, 9.17) is 5.73 Å². The Morgan fingerprint density at radius 3 is 2.49 bits per heavy atom. The molecule has 2 aromatic carbocycles. The average molecular weight is 493 g/mol. The maximum absolute atomic E-state index is 13.3. The molecule has 0 fully saturated rings. The van der Waals surface area contributed by atoms with Crippen LogP contribution in [0.15, 0.2) is 84.2 Å². The van der Waals surface area contributed by atoms with Crippen molar-refractivity contribution in [3.05, 3.63) is 101 Å². The van der Waals surface area contributed by atoms with Crippen molar-refractivity contribution in [3.63, 3.8) is 0 Å². The minimum atomic E-state index is -0.449. The zero-order valence-corrected chi connectivity index (χ0v) is 21.0. The van der Waals surface area contributed by atoms with Crippen LogP contribution in [0, 0.1) is 0 Å². The van der Waals surface area contributed by atoms with Gasteiger partial charge in [0.05, 0.1) is 5.39 Å². The summed E-state index contributed by atoms with van der Waals surface area (Å²) >= 11 is 0. The van der Waals surface area contributed by atoms with Crippen LogP contribution in [0.4, 0.5) is 11.5 Å². The molecule has 37 heavy (non-hydrogen) atoms. The number of nitrogens with zero attached hydrogens (tertiary/aromatic N) is 4. The normalized spacial score (nSPS) is 12.0. The number of fused-ring (bicyclic) bond motifs is 1. The van der Waals surface area contributed by atoms with E-state index < -0.39 is 5.91 Å². The van der Waals surface area contributed by atoms with Crippen LogP contribution in [0.1, 0.15) is 42.1 Å². The fourth-order valence-corrected chi connectivity index (χ4v) is 4.44. The summed E-state index contributed by atoms with van der Waals surface area (Å²) in [6.45, 7) is 4.17. The van der Waals surface area contributed by atoms with Gasteiger partial charge < -0.3 is 15.6 Å². The first-order chi connectivity index (χ1) is 17.9. The second-order valence-electron chi connectivity index (χ2n) is 9.15. The zero-order chi connectivity index (χ0) is 26.1. The van der Waals surface area contributed by atoms with Crippen LogP contribution in [0.25, 0.3) is 27.8 Å². The summed E-state index contributed by atoms with van der Waals surface area (Å²) < 4.78 is 3.45. The van der Waals surface area contributed by atoms with Gasteiger partial charge in [0.2, 0.25) is 0 Å². The summed E-state index contributed by atoms with van der Waals surface area (Å²) in [5.74, 6) is 0.155. The molecule has 0 radical (unpaired) electrons. The first-order valence-electron chi connectivity index (χ1n) is 12.2. The summed E-state index contributed by atoms with van der Waals surface area (Å²) in [5, 5.41) is 3.67. The van der Waals surface area contributed by atoms with E-state index in [9.17, 15) is 9.59 Å². The molecule has 5 aromatic rings. The van der Waals surface area contributed by atoms with Crippen molar-refractivity contribution in [1.82, 2.24) is 19.1 Å². The lowest BCUT2D eigenvalue weighted by molar-refractivity contribution is 0.102. The molecular formula is C29H28N6O2. The van der Waals surface area contributed by atoms with Crippen molar-refractivity contribution in [2.75, 3.05) is 11.1 Å². The van der Waals surface area contributed by atoms with E-state index >= 15 is 0 Å². The average Bonchev–Trinajstić information content (AvgIpc) is 3.26. The quantitative estimate of drug-likeness (QED) is 0.341. The highest BCUT2D eigenvalue weighted by Crippen LogP contribution is 2.32. The number of benzene rings is 2. The molecule has 0 aliphatic rings. The lowest BCUT2D eigenvalue weighted by Crippen LogP contribution is -2.29. The summed E-state index contributed by atoms with van der Waals surface area (Å²) in [5.41, 5.74) is 10.7. The fourth-order valence-electron chi connectivity index (χ4n) is 4.44. The number of nitrogen functional groups attached to an aromatic ring is 1. The van der Waals surface area contributed by atoms with Gasteiger partial charge in [-0.3, -0.25) is 14.2 Å². The van der Waals surface area contributed by atoms with E-state index in [0.29, 0.717) is 11.5 Å². The third-order valence-electron chi connectivity index (χ3n) is 6.74. The van der Waals surface area contributed by atoms with E-state index in [1.54, 1.807) is 22.8 Å². The SMILES string of the molecule is CCC(C)c1cc(C(=O)Nc2ccc(-c3cn(C)c4ncnc(N)c34)cc2)c(=O)n(-c2ccccc2)c1. The van der Waals surface area contributed by atoms with Crippen LogP contribution < -0.4 is 16.6 Å². The maximum Gasteiger partial charge on any atom is 0.267 e. The van der Waals surface area contributed by atoms with E-state index in [2.05, 4.69) is 29.1 Å². The van der Waals surface area contributed by atoms with Gasteiger partial charge in [0, 0.05) is 36.4 Å². The Morgan fingerprint density at radius 1 is 1.05 bits per heavy atom. The van der Waals surface area contributed by atoms with E-state index in [1.807, 2.05) is 66.5 Å². The maximum atomic E-state index is 13.3. The molecule has 0 saturated carbocycles. The lowest BCUT2D eigenvalue weighted by atomic mass is 9.98. The molecular weight excluding hydrogens is 464 g/mol. The van der Waals surface area contributed by atoms with Crippen molar-refractivity contribution in [2.24, 2.45) is 7.05 Å². The molecule has 0 bridgehead atoms. The molecule has 1 unspecified atom stereocenters. The van der Waals surface area contributed by atoms with Gasteiger partial charge in [-0.25, -0.2) is 9.97 Å². The van der Waals surface area contributed by atoms with E-state index in [1.165, 1.54) is 6.33 Å². The number of rotatable bonds is 6. The number of aromatic nitrogens is 4. The van der Waals surface area contributed by atoms with Gasteiger partial charge in [-0.1, -0.05) is 44.2 Å². The number of para-hydroxylation sites is 1. The van der Waals surface area contributed by atoms with Crippen molar-refractivity contribution < 1.29 is 4.79 Å². The molecule has 0 aliphatic heterocycles. The number of hydrogen-bond acceptors (Lipinski definition) is 5. The van der Waals surface area contributed by atoms with Crippen molar-refractivity contribution in [2.45, 2.75) is 26.2 Å². The molecule has 5 rings (SSSR count). The summed E-state index contributed by atoms with van der Waals surface area (Å²) in [4.78, 5) is 35.1. The van der Waals surface area contributed by atoms with Crippen LogP contribution in [-0.4, -0.2) is 25.0 Å². The summed E-state index contributed by atoms with van der Waals surface area (Å²) in [6.07, 6.45) is 6.12. The standard InChI is InChI=1S/C29H28N6O2/c1-4-18(2)20-14-23(29(37)35(15-20)22-8-6-5-7-9-22)28(36)33-21-12-10-19(11-13-21)24-16-34(3)27-25(24)26(30)31-17-32-27/h5-18H,4H2,1-3H3,(H,33,36)(H2,30,31,32). The topological polar surface area (TPSA) is 108 Å². The molecule has 0 aliphatic carbocycles. The molecule has 3 heterocycles. The number of nitrogens with two attached hydrogens (primary N) is 1. The van der Waals surface area contributed by atoms with Crippen LogP contribution in [0.3, 0.4) is 0 Å². The number of anilines is 2. The van der Waals surface area contributed by atoms with Gasteiger partial charge in [-0.15, -0.1) is 0 Å². The Balaban J connectivity index is 1.47. The molecule has 0 spiro atoms. The Morgan fingerprint density at radius 2 is 1.78 bits per heavy atom. The molecule has 1 amide bonds. The number of aryl methyl sites for hydroxylation is 1. The Bertz CT molecular complexity index is 1650. The van der Waals surface area contributed by atoms with Crippen LogP contribution >= 0.6 is 0 Å². The number of carbonyl (C=O) groups is 1. The highest BCUT2D eigenvalue weighted by Gasteiger charge is 2.18. The van der Waals surface area contributed by atoms with E-state index in [-0.39, 0.29) is 17.0 Å². The number of amides is 1. The number of pyridine rings is 1. The Hall–Kier alpha value is -4.72. The van der Waals surface area contributed by atoms with Gasteiger partial charge in [-0.05, 0) is 53.8 Å². The van der Waals surface area contributed by atoms with Crippen molar-refractivity contribution >= 4 is 28.4 Å². The van der Waals surface area contributed by atoms with Crippen molar-refractivity contribution in [3.8, 4) is 16.8 Å². The zero-order valence-electron chi connectivity index (χ0n) is 21.0. The van der Waals surface area contributed by atoms with Gasteiger partial charge >= 0.3 is 0 Å². The summed E-state index contributed by atoms with van der Waals surface area (Å²) in [7, 11) is 1.91. The second kappa shape index (κ2) is 9.73. The monoisotopic (exact) mass is 492 g/mol. The fraction of sp³-hybridized carbons (Fsp3) is 0.172. The smallest absolute Gasteiger partial charge is 0.267 e. The van der Waals surface area contributed by atoms with Gasteiger partial charge in [0.1, 0.15) is 23.4 Å².